The minimum Gasteiger partial charge on any atom is -0.484 e. The lowest BCUT2D eigenvalue weighted by atomic mass is 9.82. The highest BCUT2D eigenvalue weighted by Crippen LogP contribution is 2.30. The molecular weight excluding hydrogens is 228 g/mol. The van der Waals surface area contributed by atoms with Gasteiger partial charge in [0, 0.05) is 24.8 Å². The first-order chi connectivity index (χ1) is 8.67. The molecule has 0 bridgehead atoms. The van der Waals surface area contributed by atoms with Crippen LogP contribution in [0.2, 0.25) is 0 Å². The summed E-state index contributed by atoms with van der Waals surface area (Å²) in [7, 11) is 1.60. The van der Waals surface area contributed by atoms with E-state index >= 15 is 0 Å². The van der Waals surface area contributed by atoms with Crippen LogP contribution in [0, 0.1) is 5.92 Å². The van der Waals surface area contributed by atoms with Crippen molar-refractivity contribution in [3.63, 3.8) is 0 Å². The molecule has 1 aliphatic carbocycles. The molecule has 1 aromatic carbocycles. The smallest absolute Gasteiger partial charge is 0.257 e. The van der Waals surface area contributed by atoms with Crippen molar-refractivity contribution in [2.45, 2.75) is 25.8 Å². The second-order valence-corrected chi connectivity index (χ2v) is 4.91. The van der Waals surface area contributed by atoms with Crippen molar-refractivity contribution in [2.24, 2.45) is 5.92 Å². The van der Waals surface area contributed by atoms with Crippen LogP contribution in [-0.2, 0) is 4.79 Å². The van der Waals surface area contributed by atoms with Crippen molar-refractivity contribution < 1.29 is 9.53 Å². The van der Waals surface area contributed by atoms with E-state index in [0.717, 1.165) is 17.4 Å². The Kier molecular flexibility index (Phi) is 4.07. The minimum absolute atomic E-state index is 0.0560. The second kappa shape index (κ2) is 5.76. The average molecular weight is 248 g/mol. The zero-order chi connectivity index (χ0) is 13.0. The zero-order valence-electron chi connectivity index (χ0n) is 10.9. The second-order valence-electron chi connectivity index (χ2n) is 4.91. The summed E-state index contributed by atoms with van der Waals surface area (Å²) in [6.07, 6.45) is 2.45. The molecule has 0 aliphatic heterocycles. The molecule has 2 N–H and O–H groups in total. The maximum atomic E-state index is 11.1. The van der Waals surface area contributed by atoms with Crippen LogP contribution in [0.4, 0.5) is 5.69 Å². The molecule has 0 saturated heterocycles. The van der Waals surface area contributed by atoms with Crippen LogP contribution in [0.25, 0.3) is 0 Å². The molecule has 18 heavy (non-hydrogen) atoms. The summed E-state index contributed by atoms with van der Waals surface area (Å²) in [5, 5.41) is 6.00. The van der Waals surface area contributed by atoms with Gasteiger partial charge in [0.1, 0.15) is 5.75 Å². The van der Waals surface area contributed by atoms with Crippen LogP contribution in [0.1, 0.15) is 19.8 Å². The molecule has 1 aromatic rings. The van der Waals surface area contributed by atoms with E-state index in [1.54, 1.807) is 7.05 Å². The van der Waals surface area contributed by atoms with Crippen LogP contribution in [0.15, 0.2) is 24.3 Å². The van der Waals surface area contributed by atoms with Gasteiger partial charge in [0.05, 0.1) is 0 Å². The van der Waals surface area contributed by atoms with Gasteiger partial charge in [-0.1, -0.05) is 13.0 Å². The van der Waals surface area contributed by atoms with Crippen molar-refractivity contribution >= 4 is 11.6 Å². The lowest BCUT2D eigenvalue weighted by molar-refractivity contribution is -0.122. The maximum Gasteiger partial charge on any atom is 0.257 e. The van der Waals surface area contributed by atoms with Gasteiger partial charge in [-0.3, -0.25) is 4.79 Å². The number of carbonyl (C=O) groups is 1. The molecule has 1 saturated carbocycles. The van der Waals surface area contributed by atoms with E-state index in [1.807, 2.05) is 24.3 Å². The predicted octanol–water partition coefficient (Wildman–Crippen LogP) is 2.02. The third-order valence-electron chi connectivity index (χ3n) is 3.23. The highest BCUT2D eigenvalue weighted by Gasteiger charge is 2.24. The first-order valence-electron chi connectivity index (χ1n) is 6.37. The fourth-order valence-corrected chi connectivity index (χ4v) is 2.15. The van der Waals surface area contributed by atoms with Crippen LogP contribution in [0.3, 0.4) is 0 Å². The fourth-order valence-electron chi connectivity index (χ4n) is 2.15. The van der Waals surface area contributed by atoms with Gasteiger partial charge in [-0.05, 0) is 30.9 Å². The summed E-state index contributed by atoms with van der Waals surface area (Å²) < 4.78 is 5.40. The third kappa shape index (κ3) is 3.39. The molecule has 0 heterocycles. The summed E-state index contributed by atoms with van der Waals surface area (Å²) >= 11 is 0. The standard InChI is InChI=1S/C14H20N2O2/c1-10-6-12(7-10)16-11-4-3-5-13(8-11)18-9-14(17)15-2/h3-5,8,10,12,16H,6-7,9H2,1-2H3,(H,15,17). The summed E-state index contributed by atoms with van der Waals surface area (Å²) in [5.74, 6) is 1.42. The van der Waals surface area contributed by atoms with Gasteiger partial charge in [-0.2, -0.15) is 0 Å². The number of likely N-dealkylation sites (N-methyl/N-ethyl adjacent to an activating group) is 1. The molecule has 2 rings (SSSR count). The van der Waals surface area contributed by atoms with Crippen molar-refractivity contribution in [3.8, 4) is 5.75 Å². The number of nitrogens with one attached hydrogen (secondary N) is 2. The Morgan fingerprint density at radius 2 is 2.22 bits per heavy atom. The molecule has 1 fully saturated rings. The average Bonchev–Trinajstić information content (AvgIpc) is 2.34. The Balaban J connectivity index is 1.86. The van der Waals surface area contributed by atoms with Gasteiger partial charge in [0.2, 0.25) is 0 Å². The third-order valence-corrected chi connectivity index (χ3v) is 3.23. The summed E-state index contributed by atoms with van der Waals surface area (Å²) in [4.78, 5) is 11.1. The largest absolute Gasteiger partial charge is 0.484 e. The maximum absolute atomic E-state index is 11.1. The van der Waals surface area contributed by atoms with Gasteiger partial charge < -0.3 is 15.4 Å². The van der Waals surface area contributed by atoms with Crippen LogP contribution >= 0.6 is 0 Å². The highest BCUT2D eigenvalue weighted by atomic mass is 16.5. The van der Waals surface area contributed by atoms with Crippen molar-refractivity contribution in [2.75, 3.05) is 19.0 Å². The predicted molar refractivity (Wildman–Crippen MR) is 71.8 cm³/mol. The van der Waals surface area contributed by atoms with Gasteiger partial charge >= 0.3 is 0 Å². The number of rotatable bonds is 5. The van der Waals surface area contributed by atoms with E-state index in [2.05, 4.69) is 17.6 Å². The lowest BCUT2D eigenvalue weighted by Gasteiger charge is -2.34. The Hall–Kier alpha value is -1.71. The quantitative estimate of drug-likeness (QED) is 0.838. The molecule has 1 aliphatic rings. The Bertz CT molecular complexity index is 414. The Labute approximate surface area is 108 Å². The summed E-state index contributed by atoms with van der Waals surface area (Å²) in [6, 6.07) is 8.33. The lowest BCUT2D eigenvalue weighted by Crippen LogP contribution is -2.33. The topological polar surface area (TPSA) is 50.4 Å². The molecule has 4 heteroatoms. The van der Waals surface area contributed by atoms with Crippen molar-refractivity contribution in [3.05, 3.63) is 24.3 Å². The van der Waals surface area contributed by atoms with Gasteiger partial charge in [-0.15, -0.1) is 0 Å². The number of amides is 1. The summed E-state index contributed by atoms with van der Waals surface area (Å²) in [6.45, 7) is 2.32. The fraction of sp³-hybridized carbons (Fsp3) is 0.500. The molecule has 0 atom stereocenters. The molecule has 98 valence electrons. The monoisotopic (exact) mass is 248 g/mol. The number of anilines is 1. The molecule has 4 nitrogen and oxygen atoms in total. The number of carbonyl (C=O) groups excluding carboxylic acids is 1. The van der Waals surface area contributed by atoms with Crippen LogP contribution in [-0.4, -0.2) is 25.6 Å². The van der Waals surface area contributed by atoms with E-state index < -0.39 is 0 Å². The number of hydrogen-bond donors (Lipinski definition) is 2. The first kappa shape index (κ1) is 12.7. The van der Waals surface area contributed by atoms with Gasteiger partial charge in [0.25, 0.3) is 5.91 Å². The molecule has 0 spiro atoms. The van der Waals surface area contributed by atoms with E-state index in [9.17, 15) is 4.79 Å². The summed E-state index contributed by atoms with van der Waals surface area (Å²) in [5.41, 5.74) is 1.06. The Morgan fingerprint density at radius 1 is 1.44 bits per heavy atom. The molecule has 1 amide bonds. The van der Waals surface area contributed by atoms with Crippen molar-refractivity contribution in [1.29, 1.82) is 0 Å². The van der Waals surface area contributed by atoms with Crippen LogP contribution in [0.5, 0.6) is 5.75 Å². The van der Waals surface area contributed by atoms with Gasteiger partial charge in [-0.25, -0.2) is 0 Å². The molecule has 0 unspecified atom stereocenters. The molecule has 0 radical (unpaired) electrons. The van der Waals surface area contributed by atoms with Gasteiger partial charge in [0.15, 0.2) is 6.61 Å². The van der Waals surface area contributed by atoms with E-state index in [4.69, 9.17) is 4.74 Å². The van der Waals surface area contributed by atoms with E-state index in [0.29, 0.717) is 6.04 Å². The SMILES string of the molecule is CNC(=O)COc1cccc(NC2CC(C)C2)c1. The minimum atomic E-state index is -0.124. The van der Waals surface area contributed by atoms with Crippen molar-refractivity contribution in [1.82, 2.24) is 5.32 Å². The number of benzene rings is 1. The van der Waals surface area contributed by atoms with E-state index in [1.165, 1.54) is 12.8 Å². The Morgan fingerprint density at radius 3 is 2.89 bits per heavy atom. The van der Waals surface area contributed by atoms with Crippen LogP contribution < -0.4 is 15.4 Å². The highest BCUT2D eigenvalue weighted by molar-refractivity contribution is 5.77. The molecule has 0 aromatic heterocycles. The molecular formula is C14H20N2O2. The normalized spacial score (nSPS) is 21.9. The number of ether oxygens (including phenoxy) is 1. The van der Waals surface area contributed by atoms with E-state index in [-0.39, 0.29) is 12.5 Å². The first-order valence-corrected chi connectivity index (χ1v) is 6.37. The number of hydrogen-bond acceptors (Lipinski definition) is 3. The zero-order valence-corrected chi connectivity index (χ0v) is 10.9.